The Balaban J connectivity index is 1.63. The normalized spacial score (nSPS) is 39.3. The summed E-state index contributed by atoms with van der Waals surface area (Å²) in [6.45, 7) is 14.1. The molecule has 0 aromatic heterocycles. The molecule has 49 heavy (non-hydrogen) atoms. The molecule has 9 nitrogen and oxygen atoms in total. The average molecular weight is 682 g/mol. The second kappa shape index (κ2) is 13.7. The van der Waals surface area contributed by atoms with Crippen LogP contribution < -0.4 is 4.90 Å². The van der Waals surface area contributed by atoms with Gasteiger partial charge in [-0.1, -0.05) is 54.0 Å². The number of hydrogen-bond acceptors (Lipinski definition) is 8. The van der Waals surface area contributed by atoms with Crippen LogP contribution in [0.5, 0.6) is 0 Å². The van der Waals surface area contributed by atoms with Crippen LogP contribution in [0, 0.1) is 45.8 Å². The lowest BCUT2D eigenvalue weighted by molar-refractivity contribution is -0.284. The van der Waals surface area contributed by atoms with Gasteiger partial charge in [-0.05, 0) is 103 Å². The van der Waals surface area contributed by atoms with Crippen molar-refractivity contribution in [2.45, 2.75) is 124 Å². The molecule has 0 heterocycles. The van der Waals surface area contributed by atoms with Crippen molar-refractivity contribution in [2.75, 3.05) is 19.0 Å². The number of anilines is 1. The Hall–Kier alpha value is -2.91. The van der Waals surface area contributed by atoms with Gasteiger partial charge in [-0.3, -0.25) is 4.79 Å². The van der Waals surface area contributed by atoms with Crippen molar-refractivity contribution in [1.29, 1.82) is 0 Å². The number of fused-ring (bicyclic) bond motifs is 5. The van der Waals surface area contributed by atoms with Gasteiger partial charge in [0, 0.05) is 43.6 Å². The lowest BCUT2D eigenvalue weighted by Gasteiger charge is -2.70. The predicted molar refractivity (Wildman–Crippen MR) is 188 cm³/mol. The Morgan fingerprint density at radius 3 is 2.35 bits per heavy atom. The minimum Gasteiger partial charge on any atom is -0.478 e. The summed E-state index contributed by atoms with van der Waals surface area (Å²) in [5.41, 5.74) is 0.368. The number of carboxylic acid groups (broad SMARTS) is 1. The zero-order valence-electron chi connectivity index (χ0n) is 31.0. The predicted octanol–water partition coefficient (Wildman–Crippen LogP) is 6.65. The summed E-state index contributed by atoms with van der Waals surface area (Å²) < 4.78 is 12.4. The maximum Gasteiger partial charge on any atom is 0.338 e. The van der Waals surface area contributed by atoms with Gasteiger partial charge in [-0.25, -0.2) is 9.59 Å². The van der Waals surface area contributed by atoms with E-state index in [9.17, 15) is 29.7 Å². The molecule has 9 heteroatoms. The van der Waals surface area contributed by atoms with Crippen molar-refractivity contribution in [2.24, 2.45) is 45.8 Å². The largest absolute Gasteiger partial charge is 0.478 e. The van der Waals surface area contributed by atoms with Crippen molar-refractivity contribution in [3.05, 3.63) is 41.0 Å². The zero-order chi connectivity index (χ0) is 36.2. The fourth-order valence-corrected chi connectivity index (χ4v) is 11.2. The van der Waals surface area contributed by atoms with Crippen molar-refractivity contribution >= 4 is 23.6 Å². The standard InChI is InChI=1S/C40H59NO8/c1-22(2)12-10-15-27(36(45)46)32-28-16-17-31-38(5)19-18-29(43)23(3)33(38)34(49-37(47)25-13-11-14-26(20-25)41(8)9)35(44)40(31,7)39(28,6)21-30(32)48-24(4)42/h11,13-14,20,22-23,28-31,33-35,43-44H,10,12,15-19,21H2,1-9H3,(H,45,46)/b32-27-. The van der Waals surface area contributed by atoms with Crippen LogP contribution in [0.25, 0.3) is 0 Å². The van der Waals surface area contributed by atoms with Gasteiger partial charge in [0.1, 0.15) is 12.2 Å². The van der Waals surface area contributed by atoms with Crippen molar-refractivity contribution in [3.8, 4) is 0 Å². The van der Waals surface area contributed by atoms with E-state index in [1.165, 1.54) is 6.92 Å². The Kier molecular flexibility index (Phi) is 10.4. The summed E-state index contributed by atoms with van der Waals surface area (Å²) in [4.78, 5) is 41.4. The first-order valence-electron chi connectivity index (χ1n) is 18.4. The molecule has 4 fully saturated rings. The highest BCUT2D eigenvalue weighted by atomic mass is 16.6. The topological polar surface area (TPSA) is 134 Å². The molecule has 4 aliphatic rings. The van der Waals surface area contributed by atoms with E-state index in [1.54, 1.807) is 12.1 Å². The number of carbonyl (C=O) groups is 3. The van der Waals surface area contributed by atoms with E-state index in [2.05, 4.69) is 34.6 Å². The quantitative estimate of drug-likeness (QED) is 0.194. The van der Waals surface area contributed by atoms with Crippen LogP contribution in [-0.2, 0) is 19.1 Å². The van der Waals surface area contributed by atoms with Crippen LogP contribution in [0.3, 0.4) is 0 Å². The second-order valence-electron chi connectivity index (χ2n) is 17.0. The lowest BCUT2D eigenvalue weighted by Crippen LogP contribution is -2.72. The van der Waals surface area contributed by atoms with E-state index in [1.807, 2.05) is 38.1 Å². The molecule has 1 aromatic carbocycles. The van der Waals surface area contributed by atoms with Crippen LogP contribution in [0.1, 0.15) is 110 Å². The molecule has 0 radical (unpaired) electrons. The first-order chi connectivity index (χ1) is 22.9. The molecule has 11 unspecified atom stereocenters. The highest BCUT2D eigenvalue weighted by molar-refractivity contribution is 5.91. The molecule has 5 rings (SSSR count). The minimum absolute atomic E-state index is 0.00484. The number of esters is 2. The third-order valence-electron chi connectivity index (χ3n) is 13.8. The summed E-state index contributed by atoms with van der Waals surface area (Å²) in [6.07, 6.45) is 1.82. The first kappa shape index (κ1) is 37.3. The van der Waals surface area contributed by atoms with E-state index in [-0.39, 0.29) is 29.1 Å². The van der Waals surface area contributed by atoms with E-state index in [0.29, 0.717) is 61.2 Å². The maximum atomic E-state index is 14.0. The third kappa shape index (κ3) is 6.21. The maximum absolute atomic E-state index is 14.0. The van der Waals surface area contributed by atoms with E-state index in [4.69, 9.17) is 9.47 Å². The summed E-state index contributed by atoms with van der Waals surface area (Å²) in [7, 11) is 3.81. The minimum atomic E-state index is -1.11. The highest BCUT2D eigenvalue weighted by Gasteiger charge is 2.74. The molecule has 3 N–H and O–H groups in total. The summed E-state index contributed by atoms with van der Waals surface area (Å²) in [5.74, 6) is -2.29. The zero-order valence-corrected chi connectivity index (χ0v) is 31.0. The fraction of sp³-hybridized carbons (Fsp3) is 0.725. The molecule has 1 aromatic rings. The molecule has 4 saturated carbocycles. The van der Waals surface area contributed by atoms with E-state index in [0.717, 1.165) is 18.5 Å². The van der Waals surface area contributed by atoms with Gasteiger partial charge >= 0.3 is 17.9 Å². The van der Waals surface area contributed by atoms with Crippen molar-refractivity contribution < 1.29 is 39.2 Å². The number of carbonyl (C=O) groups excluding carboxylic acids is 2. The monoisotopic (exact) mass is 681 g/mol. The van der Waals surface area contributed by atoms with Gasteiger partial charge < -0.3 is 29.7 Å². The van der Waals surface area contributed by atoms with Gasteiger partial charge in [-0.2, -0.15) is 0 Å². The summed E-state index contributed by atoms with van der Waals surface area (Å²) in [6, 6.07) is 7.22. The summed E-state index contributed by atoms with van der Waals surface area (Å²) in [5, 5.41) is 34.6. The SMILES string of the molecule is CC(=O)OC1CC2(C)C(CCC3C4(C)CCC(O)C(C)C4C(OC(=O)c4cccc(N(C)C)c4)C(O)C32C)/C1=C(\CCCC(C)C)C(=O)O. The Bertz CT molecular complexity index is 1470. The molecule has 11 atom stereocenters. The van der Waals surface area contributed by atoms with Crippen LogP contribution in [0.4, 0.5) is 5.69 Å². The van der Waals surface area contributed by atoms with Gasteiger partial charge in [0.05, 0.1) is 17.8 Å². The number of ether oxygens (including phenoxy) is 2. The second-order valence-corrected chi connectivity index (χ2v) is 17.0. The van der Waals surface area contributed by atoms with Crippen molar-refractivity contribution in [3.63, 3.8) is 0 Å². The molecule has 0 bridgehead atoms. The van der Waals surface area contributed by atoms with Crippen molar-refractivity contribution in [1.82, 2.24) is 0 Å². The van der Waals surface area contributed by atoms with Crippen LogP contribution >= 0.6 is 0 Å². The third-order valence-corrected chi connectivity index (χ3v) is 13.8. The van der Waals surface area contributed by atoms with Gasteiger partial charge in [0.25, 0.3) is 0 Å². The number of rotatable bonds is 9. The van der Waals surface area contributed by atoms with Crippen LogP contribution in [0.15, 0.2) is 35.4 Å². The Labute approximate surface area is 292 Å². The number of nitrogens with zero attached hydrogens (tertiary/aromatic N) is 1. The molecule has 0 saturated heterocycles. The summed E-state index contributed by atoms with van der Waals surface area (Å²) >= 11 is 0. The van der Waals surface area contributed by atoms with Crippen LogP contribution in [0.2, 0.25) is 0 Å². The Morgan fingerprint density at radius 1 is 1.04 bits per heavy atom. The molecular weight excluding hydrogens is 622 g/mol. The molecular formula is C40H59NO8. The molecule has 0 amide bonds. The average Bonchev–Trinajstić information content (AvgIpc) is 3.31. The number of benzene rings is 1. The number of carboxylic acids is 1. The van der Waals surface area contributed by atoms with Gasteiger partial charge in [0.15, 0.2) is 0 Å². The number of aliphatic hydroxyl groups excluding tert-OH is 2. The smallest absolute Gasteiger partial charge is 0.338 e. The van der Waals surface area contributed by atoms with E-state index >= 15 is 0 Å². The molecule has 4 aliphatic carbocycles. The fourth-order valence-electron chi connectivity index (χ4n) is 11.2. The first-order valence-corrected chi connectivity index (χ1v) is 18.4. The molecule has 0 spiro atoms. The number of aliphatic hydroxyl groups is 2. The molecule has 0 aliphatic heterocycles. The Morgan fingerprint density at radius 2 is 1.73 bits per heavy atom. The van der Waals surface area contributed by atoms with Gasteiger partial charge in [-0.15, -0.1) is 0 Å². The number of aliphatic carboxylic acids is 1. The highest BCUT2D eigenvalue weighted by Crippen LogP contribution is 2.74. The molecule has 272 valence electrons. The van der Waals surface area contributed by atoms with Crippen LogP contribution in [-0.4, -0.2) is 71.7 Å². The van der Waals surface area contributed by atoms with E-state index < -0.39 is 53.2 Å². The lowest BCUT2D eigenvalue weighted by atomic mass is 9.35. The number of hydrogen-bond donors (Lipinski definition) is 3. The van der Waals surface area contributed by atoms with Gasteiger partial charge in [0.2, 0.25) is 0 Å².